The molecular weight excluding hydrogens is 274 g/mol. The number of hydrogen-bond acceptors (Lipinski definition) is 6. The second-order valence-electron chi connectivity index (χ2n) is 4.23. The van der Waals surface area contributed by atoms with Gasteiger partial charge in [0.05, 0.1) is 13.7 Å². The monoisotopic (exact) mass is 293 g/mol. The first-order valence-electron chi connectivity index (χ1n) is 6.50. The van der Waals surface area contributed by atoms with E-state index in [9.17, 15) is 0 Å². The van der Waals surface area contributed by atoms with Crippen LogP contribution < -0.4 is 10.1 Å². The van der Waals surface area contributed by atoms with Crippen LogP contribution in [0.2, 0.25) is 0 Å². The Morgan fingerprint density at radius 1 is 1.30 bits per heavy atom. The lowest BCUT2D eigenvalue weighted by Crippen LogP contribution is -2.16. The van der Waals surface area contributed by atoms with Crippen molar-refractivity contribution in [2.45, 2.75) is 18.1 Å². The molecule has 1 aromatic carbocycles. The van der Waals surface area contributed by atoms with E-state index >= 15 is 0 Å². The van der Waals surface area contributed by atoms with Gasteiger partial charge in [0, 0.05) is 12.3 Å². The summed E-state index contributed by atoms with van der Waals surface area (Å²) in [6.07, 6.45) is 0.980. The molecule has 1 aromatic heterocycles. The van der Waals surface area contributed by atoms with Crippen LogP contribution in [-0.2, 0) is 13.0 Å². The molecule has 0 unspecified atom stereocenters. The zero-order valence-corrected chi connectivity index (χ0v) is 12.6. The van der Waals surface area contributed by atoms with E-state index in [2.05, 4.69) is 33.0 Å². The van der Waals surface area contributed by atoms with Crippen LogP contribution in [0.4, 0.5) is 0 Å². The van der Waals surface area contributed by atoms with Crippen LogP contribution in [0.5, 0.6) is 5.75 Å². The topological polar surface area (TPSA) is 64.9 Å². The zero-order chi connectivity index (χ0) is 14.2. The van der Waals surface area contributed by atoms with E-state index in [0.29, 0.717) is 0 Å². The molecule has 6 nitrogen and oxygen atoms in total. The standard InChI is InChI=1S/C13H19N5OS/c1-14-8-9-18-13(15-16-17-18)20-10-7-11-3-5-12(19-2)6-4-11/h3-6,14H,7-10H2,1-2H3. The highest BCUT2D eigenvalue weighted by Gasteiger charge is 2.06. The predicted octanol–water partition coefficient (Wildman–Crippen LogP) is 1.24. The number of methoxy groups -OCH3 is 1. The van der Waals surface area contributed by atoms with Crippen molar-refractivity contribution in [3.05, 3.63) is 29.8 Å². The number of ether oxygens (including phenoxy) is 1. The van der Waals surface area contributed by atoms with E-state index < -0.39 is 0 Å². The number of benzene rings is 1. The van der Waals surface area contributed by atoms with Crippen molar-refractivity contribution < 1.29 is 4.74 Å². The quantitative estimate of drug-likeness (QED) is 0.739. The molecule has 0 spiro atoms. The lowest BCUT2D eigenvalue weighted by molar-refractivity contribution is 0.414. The van der Waals surface area contributed by atoms with Gasteiger partial charge in [-0.3, -0.25) is 0 Å². The van der Waals surface area contributed by atoms with Crippen LogP contribution in [0.3, 0.4) is 0 Å². The fraction of sp³-hybridized carbons (Fsp3) is 0.462. The van der Waals surface area contributed by atoms with Crippen molar-refractivity contribution in [3.63, 3.8) is 0 Å². The molecule has 20 heavy (non-hydrogen) atoms. The molecule has 0 atom stereocenters. The summed E-state index contributed by atoms with van der Waals surface area (Å²) < 4.78 is 6.97. The molecule has 108 valence electrons. The SMILES string of the molecule is CNCCn1nnnc1SCCc1ccc(OC)cc1. The number of aromatic nitrogens is 4. The fourth-order valence-electron chi connectivity index (χ4n) is 1.71. The van der Waals surface area contributed by atoms with Crippen LogP contribution in [-0.4, -0.2) is 46.7 Å². The van der Waals surface area contributed by atoms with Gasteiger partial charge in [-0.25, -0.2) is 4.68 Å². The summed E-state index contributed by atoms with van der Waals surface area (Å²) in [4.78, 5) is 0. The largest absolute Gasteiger partial charge is 0.497 e. The highest BCUT2D eigenvalue weighted by molar-refractivity contribution is 7.99. The van der Waals surface area contributed by atoms with Crippen molar-refractivity contribution >= 4 is 11.8 Å². The van der Waals surface area contributed by atoms with Gasteiger partial charge in [0.1, 0.15) is 5.75 Å². The molecule has 0 bridgehead atoms. The summed E-state index contributed by atoms with van der Waals surface area (Å²) in [5, 5.41) is 15.7. The number of rotatable bonds is 8. The van der Waals surface area contributed by atoms with E-state index in [-0.39, 0.29) is 0 Å². The Balaban J connectivity index is 1.81. The Morgan fingerprint density at radius 3 is 2.80 bits per heavy atom. The molecule has 0 aliphatic heterocycles. The summed E-state index contributed by atoms with van der Waals surface area (Å²) in [5.74, 6) is 1.84. The molecular formula is C13H19N5OS. The van der Waals surface area contributed by atoms with E-state index in [1.165, 1.54) is 5.56 Å². The van der Waals surface area contributed by atoms with Crippen LogP contribution in [0.25, 0.3) is 0 Å². The average molecular weight is 293 g/mol. The lowest BCUT2D eigenvalue weighted by atomic mass is 10.2. The van der Waals surface area contributed by atoms with E-state index in [4.69, 9.17) is 4.74 Å². The van der Waals surface area contributed by atoms with Gasteiger partial charge < -0.3 is 10.1 Å². The number of thioether (sulfide) groups is 1. The molecule has 1 N–H and O–H groups in total. The fourth-order valence-corrected chi connectivity index (χ4v) is 2.60. The molecule has 0 aliphatic rings. The molecule has 0 saturated heterocycles. The Morgan fingerprint density at radius 2 is 2.10 bits per heavy atom. The van der Waals surface area contributed by atoms with E-state index in [0.717, 1.165) is 36.2 Å². The smallest absolute Gasteiger partial charge is 0.209 e. The van der Waals surface area contributed by atoms with Crippen LogP contribution in [0, 0.1) is 0 Å². The Kier molecular flexibility index (Phi) is 5.82. The molecule has 0 saturated carbocycles. The van der Waals surface area contributed by atoms with Crippen LogP contribution in [0.15, 0.2) is 29.4 Å². The zero-order valence-electron chi connectivity index (χ0n) is 11.7. The van der Waals surface area contributed by atoms with Crippen molar-refractivity contribution in [2.75, 3.05) is 26.5 Å². The molecule has 7 heteroatoms. The van der Waals surface area contributed by atoms with Crippen molar-refractivity contribution in [1.82, 2.24) is 25.5 Å². The molecule has 0 aliphatic carbocycles. The van der Waals surface area contributed by atoms with E-state index in [1.807, 2.05) is 23.9 Å². The minimum atomic E-state index is 0.786. The minimum absolute atomic E-state index is 0.786. The first-order valence-corrected chi connectivity index (χ1v) is 7.48. The minimum Gasteiger partial charge on any atom is -0.497 e. The predicted molar refractivity (Wildman–Crippen MR) is 79.2 cm³/mol. The number of likely N-dealkylation sites (N-methyl/N-ethyl adjacent to an activating group) is 1. The van der Waals surface area contributed by atoms with Gasteiger partial charge in [-0.2, -0.15) is 0 Å². The molecule has 1 heterocycles. The second kappa shape index (κ2) is 7.86. The summed E-state index contributed by atoms with van der Waals surface area (Å²) in [6, 6.07) is 8.14. The van der Waals surface area contributed by atoms with Gasteiger partial charge in [-0.15, -0.1) is 5.10 Å². The third-order valence-corrected chi connectivity index (χ3v) is 3.81. The summed E-state index contributed by atoms with van der Waals surface area (Å²) in [7, 11) is 3.59. The van der Waals surface area contributed by atoms with Crippen LogP contribution >= 0.6 is 11.8 Å². The first-order chi connectivity index (χ1) is 9.83. The summed E-state index contributed by atoms with van der Waals surface area (Å²) >= 11 is 1.68. The maximum absolute atomic E-state index is 5.14. The number of aryl methyl sites for hydroxylation is 1. The highest BCUT2D eigenvalue weighted by Crippen LogP contribution is 2.17. The molecule has 0 fully saturated rings. The highest BCUT2D eigenvalue weighted by atomic mass is 32.2. The number of nitrogens with one attached hydrogen (secondary N) is 1. The summed E-state index contributed by atoms with van der Waals surface area (Å²) in [6.45, 7) is 1.64. The third kappa shape index (κ3) is 4.21. The average Bonchev–Trinajstić information content (AvgIpc) is 2.93. The van der Waals surface area contributed by atoms with Gasteiger partial charge in [0.2, 0.25) is 5.16 Å². The first kappa shape index (κ1) is 14.8. The van der Waals surface area contributed by atoms with Crippen molar-refractivity contribution in [2.24, 2.45) is 0 Å². The molecule has 2 aromatic rings. The van der Waals surface area contributed by atoms with Gasteiger partial charge in [0.25, 0.3) is 0 Å². The molecule has 0 radical (unpaired) electrons. The second-order valence-corrected chi connectivity index (χ2v) is 5.30. The van der Waals surface area contributed by atoms with Crippen LogP contribution in [0.1, 0.15) is 5.56 Å². The molecule has 2 rings (SSSR count). The van der Waals surface area contributed by atoms with Gasteiger partial charge in [-0.05, 0) is 41.6 Å². The van der Waals surface area contributed by atoms with Crippen molar-refractivity contribution in [1.29, 1.82) is 0 Å². The Bertz CT molecular complexity index is 514. The van der Waals surface area contributed by atoms with Gasteiger partial charge in [-0.1, -0.05) is 23.9 Å². The third-order valence-electron chi connectivity index (χ3n) is 2.85. The Hall–Kier alpha value is -1.60. The van der Waals surface area contributed by atoms with E-state index in [1.54, 1.807) is 18.9 Å². The van der Waals surface area contributed by atoms with Crippen molar-refractivity contribution in [3.8, 4) is 5.75 Å². The maximum Gasteiger partial charge on any atom is 0.209 e. The molecule has 0 amide bonds. The number of tetrazole rings is 1. The normalized spacial score (nSPS) is 10.7. The maximum atomic E-state index is 5.14. The number of hydrogen-bond donors (Lipinski definition) is 1. The Labute approximate surface area is 122 Å². The lowest BCUT2D eigenvalue weighted by Gasteiger charge is -2.05. The summed E-state index contributed by atoms with van der Waals surface area (Å²) in [5.41, 5.74) is 1.28. The van der Waals surface area contributed by atoms with Gasteiger partial charge >= 0.3 is 0 Å². The number of nitrogens with zero attached hydrogens (tertiary/aromatic N) is 4. The van der Waals surface area contributed by atoms with Gasteiger partial charge in [0.15, 0.2) is 0 Å².